The molecule has 2 aliphatic rings. The Balaban J connectivity index is 1.93. The molecule has 98 valence electrons. The average molecular weight is 240 g/mol. The standard InChI is InChI=1S/C13H24N2O2/c1-9-8-15(6-4-12(9)14-3)13(16)11-5-7-17-10(11)2/h9-12,14H,4-8H2,1-3H3. The quantitative estimate of drug-likeness (QED) is 0.778. The predicted molar refractivity (Wildman–Crippen MR) is 66.7 cm³/mol. The van der Waals surface area contributed by atoms with E-state index < -0.39 is 0 Å². The lowest BCUT2D eigenvalue weighted by Gasteiger charge is -2.38. The molecule has 17 heavy (non-hydrogen) atoms. The van der Waals surface area contributed by atoms with Crippen LogP contribution in [-0.2, 0) is 9.53 Å². The summed E-state index contributed by atoms with van der Waals surface area (Å²) < 4.78 is 5.49. The topological polar surface area (TPSA) is 41.6 Å². The van der Waals surface area contributed by atoms with E-state index in [9.17, 15) is 4.79 Å². The summed E-state index contributed by atoms with van der Waals surface area (Å²) >= 11 is 0. The minimum Gasteiger partial charge on any atom is -0.378 e. The smallest absolute Gasteiger partial charge is 0.228 e. The van der Waals surface area contributed by atoms with Crippen molar-refractivity contribution >= 4 is 5.91 Å². The first-order valence-electron chi connectivity index (χ1n) is 6.71. The van der Waals surface area contributed by atoms with Gasteiger partial charge in [-0.1, -0.05) is 6.92 Å². The number of carbonyl (C=O) groups excluding carboxylic acids is 1. The molecule has 0 saturated carbocycles. The number of nitrogens with one attached hydrogen (secondary N) is 1. The second-order valence-corrected chi connectivity index (χ2v) is 5.42. The SMILES string of the molecule is CNC1CCN(C(=O)C2CCOC2C)CC1C. The third kappa shape index (κ3) is 2.63. The molecule has 4 heteroatoms. The van der Waals surface area contributed by atoms with Gasteiger partial charge in [0, 0.05) is 25.7 Å². The summed E-state index contributed by atoms with van der Waals surface area (Å²) in [6, 6.07) is 0.552. The van der Waals surface area contributed by atoms with Crippen molar-refractivity contribution in [1.29, 1.82) is 0 Å². The summed E-state index contributed by atoms with van der Waals surface area (Å²) in [5, 5.41) is 3.33. The van der Waals surface area contributed by atoms with Crippen LogP contribution in [0, 0.1) is 11.8 Å². The second-order valence-electron chi connectivity index (χ2n) is 5.42. The average Bonchev–Trinajstić information content (AvgIpc) is 2.74. The Kier molecular flexibility index (Phi) is 4.05. The minimum atomic E-state index is 0.0911. The molecular weight excluding hydrogens is 216 g/mol. The van der Waals surface area contributed by atoms with Gasteiger partial charge in [0.05, 0.1) is 12.0 Å². The van der Waals surface area contributed by atoms with E-state index in [1.807, 2.05) is 18.9 Å². The van der Waals surface area contributed by atoms with Crippen LogP contribution in [0.3, 0.4) is 0 Å². The van der Waals surface area contributed by atoms with E-state index >= 15 is 0 Å². The molecule has 0 aliphatic carbocycles. The number of likely N-dealkylation sites (tertiary alicyclic amines) is 1. The molecular formula is C13H24N2O2. The highest BCUT2D eigenvalue weighted by Gasteiger charge is 2.36. The summed E-state index contributed by atoms with van der Waals surface area (Å²) in [7, 11) is 2.01. The number of hydrogen-bond acceptors (Lipinski definition) is 3. The molecule has 0 radical (unpaired) electrons. The van der Waals surface area contributed by atoms with E-state index in [0.717, 1.165) is 32.5 Å². The Morgan fingerprint density at radius 1 is 1.35 bits per heavy atom. The third-order valence-corrected chi connectivity index (χ3v) is 4.28. The molecule has 2 saturated heterocycles. The van der Waals surface area contributed by atoms with Crippen LogP contribution in [0.1, 0.15) is 26.7 Å². The van der Waals surface area contributed by atoms with Crippen LogP contribution < -0.4 is 5.32 Å². The number of ether oxygens (including phenoxy) is 1. The van der Waals surface area contributed by atoms with Gasteiger partial charge in [0.2, 0.25) is 5.91 Å². The Bertz CT molecular complexity index is 283. The Hall–Kier alpha value is -0.610. The fourth-order valence-corrected chi connectivity index (χ4v) is 3.07. The predicted octanol–water partition coefficient (Wildman–Crippen LogP) is 0.868. The van der Waals surface area contributed by atoms with E-state index in [2.05, 4.69) is 12.2 Å². The lowest BCUT2D eigenvalue weighted by Crippen LogP contribution is -2.51. The highest BCUT2D eigenvalue weighted by Crippen LogP contribution is 2.25. The highest BCUT2D eigenvalue weighted by atomic mass is 16.5. The zero-order chi connectivity index (χ0) is 12.4. The van der Waals surface area contributed by atoms with Crippen molar-refractivity contribution in [3.63, 3.8) is 0 Å². The van der Waals surface area contributed by atoms with Gasteiger partial charge in [-0.25, -0.2) is 0 Å². The van der Waals surface area contributed by atoms with Gasteiger partial charge in [-0.15, -0.1) is 0 Å². The van der Waals surface area contributed by atoms with Gasteiger partial charge in [-0.2, -0.15) is 0 Å². The molecule has 2 fully saturated rings. The Morgan fingerprint density at radius 2 is 2.12 bits per heavy atom. The van der Waals surface area contributed by atoms with Crippen LogP contribution in [-0.4, -0.2) is 49.7 Å². The van der Waals surface area contributed by atoms with Gasteiger partial charge < -0.3 is 15.0 Å². The van der Waals surface area contributed by atoms with E-state index in [1.165, 1.54) is 0 Å². The summed E-state index contributed by atoms with van der Waals surface area (Å²) in [6.07, 6.45) is 2.05. The molecule has 0 spiro atoms. The first kappa shape index (κ1) is 12.8. The van der Waals surface area contributed by atoms with Crippen molar-refractivity contribution in [2.45, 2.75) is 38.8 Å². The normalized spacial score (nSPS) is 38.4. The van der Waals surface area contributed by atoms with Gasteiger partial charge in [0.1, 0.15) is 0 Å². The zero-order valence-electron chi connectivity index (χ0n) is 11.1. The Labute approximate surface area is 104 Å². The number of carbonyl (C=O) groups is 1. The molecule has 1 N–H and O–H groups in total. The van der Waals surface area contributed by atoms with Gasteiger partial charge in [-0.05, 0) is 32.7 Å². The van der Waals surface area contributed by atoms with Crippen molar-refractivity contribution in [3.8, 4) is 0 Å². The van der Waals surface area contributed by atoms with Crippen LogP contribution in [0.2, 0.25) is 0 Å². The largest absolute Gasteiger partial charge is 0.378 e. The monoisotopic (exact) mass is 240 g/mol. The molecule has 0 aromatic rings. The van der Waals surface area contributed by atoms with Crippen LogP contribution in [0.25, 0.3) is 0 Å². The summed E-state index contributed by atoms with van der Waals surface area (Å²) in [4.78, 5) is 14.4. The van der Waals surface area contributed by atoms with Crippen molar-refractivity contribution in [2.24, 2.45) is 11.8 Å². The Morgan fingerprint density at radius 3 is 2.65 bits per heavy atom. The molecule has 0 bridgehead atoms. The van der Waals surface area contributed by atoms with E-state index in [0.29, 0.717) is 17.9 Å². The maximum absolute atomic E-state index is 12.4. The molecule has 2 heterocycles. The summed E-state index contributed by atoms with van der Waals surface area (Å²) in [5.41, 5.74) is 0. The van der Waals surface area contributed by atoms with Crippen LogP contribution in [0.15, 0.2) is 0 Å². The van der Waals surface area contributed by atoms with Crippen LogP contribution in [0.4, 0.5) is 0 Å². The maximum atomic E-state index is 12.4. The van der Waals surface area contributed by atoms with Crippen molar-refractivity contribution in [1.82, 2.24) is 10.2 Å². The highest BCUT2D eigenvalue weighted by molar-refractivity contribution is 5.79. The van der Waals surface area contributed by atoms with Gasteiger partial charge >= 0.3 is 0 Å². The summed E-state index contributed by atoms with van der Waals surface area (Å²) in [5.74, 6) is 0.931. The van der Waals surface area contributed by atoms with Crippen molar-refractivity contribution in [2.75, 3.05) is 26.7 Å². The zero-order valence-corrected chi connectivity index (χ0v) is 11.1. The number of amides is 1. The van der Waals surface area contributed by atoms with E-state index in [4.69, 9.17) is 4.74 Å². The molecule has 4 nitrogen and oxygen atoms in total. The van der Waals surface area contributed by atoms with E-state index in [-0.39, 0.29) is 12.0 Å². The molecule has 4 unspecified atom stereocenters. The minimum absolute atomic E-state index is 0.0911. The molecule has 1 amide bonds. The lowest BCUT2D eigenvalue weighted by molar-refractivity contribution is -0.139. The number of rotatable bonds is 2. The van der Waals surface area contributed by atoms with Gasteiger partial charge in [0.25, 0.3) is 0 Å². The van der Waals surface area contributed by atoms with E-state index in [1.54, 1.807) is 0 Å². The molecule has 0 aromatic carbocycles. The lowest BCUT2D eigenvalue weighted by atomic mass is 9.92. The molecule has 4 atom stereocenters. The number of hydrogen-bond donors (Lipinski definition) is 1. The van der Waals surface area contributed by atoms with Crippen molar-refractivity contribution in [3.05, 3.63) is 0 Å². The third-order valence-electron chi connectivity index (χ3n) is 4.28. The first-order valence-corrected chi connectivity index (χ1v) is 6.71. The second kappa shape index (κ2) is 5.36. The van der Waals surface area contributed by atoms with Crippen LogP contribution in [0.5, 0.6) is 0 Å². The summed E-state index contributed by atoms with van der Waals surface area (Å²) in [6.45, 7) is 6.74. The molecule has 0 aromatic heterocycles. The maximum Gasteiger partial charge on any atom is 0.228 e. The van der Waals surface area contributed by atoms with Crippen LogP contribution >= 0.6 is 0 Å². The van der Waals surface area contributed by atoms with Gasteiger partial charge in [-0.3, -0.25) is 4.79 Å². The number of nitrogens with zero attached hydrogens (tertiary/aromatic N) is 1. The van der Waals surface area contributed by atoms with Crippen molar-refractivity contribution < 1.29 is 9.53 Å². The fraction of sp³-hybridized carbons (Fsp3) is 0.923. The molecule has 2 aliphatic heterocycles. The van der Waals surface area contributed by atoms with Gasteiger partial charge in [0.15, 0.2) is 0 Å². The molecule has 2 rings (SSSR count). The first-order chi connectivity index (χ1) is 8.13. The number of piperidine rings is 1. The fourth-order valence-electron chi connectivity index (χ4n) is 3.07.